The first-order valence-corrected chi connectivity index (χ1v) is 7.92. The van der Waals surface area contributed by atoms with Crippen molar-refractivity contribution in [1.82, 2.24) is 0 Å². The van der Waals surface area contributed by atoms with Crippen molar-refractivity contribution < 1.29 is 14.3 Å². The van der Waals surface area contributed by atoms with Crippen molar-refractivity contribution in [3.8, 4) is 0 Å². The lowest BCUT2D eigenvalue weighted by Gasteiger charge is -2.15. The monoisotopic (exact) mass is 364 g/mol. The first kappa shape index (κ1) is 15.8. The third kappa shape index (κ3) is 4.72. The van der Waals surface area contributed by atoms with Crippen molar-refractivity contribution in [3.05, 3.63) is 64.6 Å². The Labute approximate surface area is 135 Å². The number of ketones is 1. The summed E-state index contributed by atoms with van der Waals surface area (Å²) in [7, 11) is 0. The number of carbonyl (C=O) groups is 2. The van der Waals surface area contributed by atoms with Gasteiger partial charge in [-0.05, 0) is 24.3 Å². The molecule has 108 valence electrons. The van der Waals surface area contributed by atoms with Gasteiger partial charge in [-0.3, -0.25) is 9.59 Å². The molecule has 0 bridgehead atoms. The van der Waals surface area contributed by atoms with Crippen molar-refractivity contribution in [2.45, 2.75) is 17.3 Å². The normalized spacial score (nSPS) is 11.7. The summed E-state index contributed by atoms with van der Waals surface area (Å²) in [5.41, 5.74) is -0.362. The van der Waals surface area contributed by atoms with Crippen LogP contribution >= 0.6 is 27.7 Å². The molecule has 1 unspecified atom stereocenters. The molecular formula is C16H13BrO3S. The summed E-state index contributed by atoms with van der Waals surface area (Å²) >= 11 is 4.57. The van der Waals surface area contributed by atoms with Crippen molar-refractivity contribution in [2.24, 2.45) is 0 Å². The summed E-state index contributed by atoms with van der Waals surface area (Å²) in [4.78, 5) is 24.5. The van der Waals surface area contributed by atoms with E-state index in [1.54, 1.807) is 24.3 Å². The molecule has 1 atom stereocenters. The van der Waals surface area contributed by atoms with Crippen LogP contribution in [-0.4, -0.2) is 17.2 Å². The predicted molar refractivity (Wildman–Crippen MR) is 86.3 cm³/mol. The third-order valence-electron chi connectivity index (χ3n) is 2.60. The third-order valence-corrected chi connectivity index (χ3v) is 4.20. The Morgan fingerprint density at radius 3 is 2.24 bits per heavy atom. The van der Waals surface area contributed by atoms with E-state index in [-0.39, 0.29) is 5.78 Å². The summed E-state index contributed by atoms with van der Waals surface area (Å²) < 4.78 is 6.11. The average molecular weight is 365 g/mol. The smallest absolute Gasteiger partial charge is 0.304 e. The highest BCUT2D eigenvalue weighted by Crippen LogP contribution is 2.28. The molecule has 0 saturated heterocycles. The number of thioether (sulfide) groups is 1. The maximum atomic E-state index is 12.4. The predicted octanol–water partition coefficient (Wildman–Crippen LogP) is 4.31. The van der Waals surface area contributed by atoms with Gasteiger partial charge in [-0.1, -0.05) is 58.0 Å². The highest BCUT2D eigenvalue weighted by Gasteiger charge is 2.24. The van der Waals surface area contributed by atoms with E-state index in [9.17, 15) is 9.59 Å². The molecule has 21 heavy (non-hydrogen) atoms. The molecule has 0 aromatic heterocycles. The molecule has 2 aromatic carbocycles. The lowest BCUT2D eigenvalue weighted by Crippen LogP contribution is -2.23. The van der Waals surface area contributed by atoms with Crippen LogP contribution in [0.5, 0.6) is 0 Å². The Hall–Kier alpha value is -1.59. The van der Waals surface area contributed by atoms with Gasteiger partial charge in [0.15, 0.2) is 0 Å². The second-order valence-electron chi connectivity index (χ2n) is 4.24. The Balaban J connectivity index is 2.20. The molecular weight excluding hydrogens is 352 g/mol. The molecule has 0 aliphatic carbocycles. The first-order chi connectivity index (χ1) is 10.1. The van der Waals surface area contributed by atoms with Crippen molar-refractivity contribution in [2.75, 3.05) is 0 Å². The Morgan fingerprint density at radius 2 is 1.67 bits per heavy atom. The number of hydrogen-bond donors (Lipinski definition) is 0. The lowest BCUT2D eigenvalue weighted by molar-refractivity contribution is -0.141. The molecule has 5 heteroatoms. The molecule has 3 nitrogen and oxygen atoms in total. The van der Waals surface area contributed by atoms with Crippen LogP contribution in [0, 0.1) is 0 Å². The first-order valence-electron chi connectivity index (χ1n) is 6.25. The molecule has 0 spiro atoms. The van der Waals surface area contributed by atoms with E-state index in [0.717, 1.165) is 9.37 Å². The second kappa shape index (κ2) is 7.43. The van der Waals surface area contributed by atoms with Gasteiger partial charge in [0, 0.05) is 21.9 Å². The Bertz CT molecular complexity index is 626. The van der Waals surface area contributed by atoms with Gasteiger partial charge in [0.25, 0.3) is 0 Å². The number of benzene rings is 2. The quantitative estimate of drug-likeness (QED) is 0.343. The maximum absolute atomic E-state index is 12.4. The van der Waals surface area contributed by atoms with Crippen LogP contribution in [0.4, 0.5) is 0 Å². The van der Waals surface area contributed by atoms with Crippen LogP contribution in [0.3, 0.4) is 0 Å². The standard InChI is InChI=1S/C16H13BrO3S/c1-11(18)20-16(15(19)12-5-3-2-4-6-12)21-14-9-7-13(17)8-10-14/h2-10,16H,1H3. The van der Waals surface area contributed by atoms with E-state index >= 15 is 0 Å². The van der Waals surface area contributed by atoms with Crippen LogP contribution in [0.1, 0.15) is 17.3 Å². The molecule has 0 fully saturated rings. The lowest BCUT2D eigenvalue weighted by atomic mass is 10.1. The number of carbonyl (C=O) groups excluding carboxylic acids is 2. The molecule has 0 radical (unpaired) electrons. The van der Waals surface area contributed by atoms with Gasteiger partial charge in [0.2, 0.25) is 11.2 Å². The number of ether oxygens (including phenoxy) is 1. The zero-order valence-corrected chi connectivity index (χ0v) is 13.7. The van der Waals surface area contributed by atoms with E-state index < -0.39 is 11.4 Å². The van der Waals surface area contributed by atoms with E-state index in [0.29, 0.717) is 5.56 Å². The van der Waals surface area contributed by atoms with Gasteiger partial charge in [-0.25, -0.2) is 0 Å². The fourth-order valence-corrected chi connectivity index (χ4v) is 2.89. The molecule has 0 amide bonds. The minimum atomic E-state index is -0.883. The highest BCUT2D eigenvalue weighted by atomic mass is 79.9. The zero-order chi connectivity index (χ0) is 15.2. The van der Waals surface area contributed by atoms with Crippen molar-refractivity contribution in [3.63, 3.8) is 0 Å². The Kier molecular flexibility index (Phi) is 5.59. The average Bonchev–Trinajstić information content (AvgIpc) is 2.48. The molecule has 0 saturated carbocycles. The molecule has 2 aromatic rings. The van der Waals surface area contributed by atoms with Gasteiger partial charge in [0.05, 0.1) is 0 Å². The number of rotatable bonds is 5. The van der Waals surface area contributed by atoms with Gasteiger partial charge in [0.1, 0.15) is 0 Å². The van der Waals surface area contributed by atoms with Crippen LogP contribution in [0.2, 0.25) is 0 Å². The molecule has 0 heterocycles. The van der Waals surface area contributed by atoms with E-state index in [4.69, 9.17) is 4.74 Å². The van der Waals surface area contributed by atoms with Gasteiger partial charge < -0.3 is 4.74 Å². The largest absolute Gasteiger partial charge is 0.443 e. The maximum Gasteiger partial charge on any atom is 0.304 e. The molecule has 2 rings (SSSR count). The van der Waals surface area contributed by atoms with E-state index in [1.807, 2.05) is 30.3 Å². The van der Waals surface area contributed by atoms with Crippen LogP contribution < -0.4 is 0 Å². The minimum absolute atomic E-state index is 0.223. The van der Waals surface area contributed by atoms with Crippen molar-refractivity contribution >= 4 is 39.4 Å². The summed E-state index contributed by atoms with van der Waals surface area (Å²) in [6.45, 7) is 1.30. The summed E-state index contributed by atoms with van der Waals surface area (Å²) in [5, 5.41) is 0. The van der Waals surface area contributed by atoms with E-state index in [1.165, 1.54) is 18.7 Å². The number of esters is 1. The number of Topliss-reactive ketones (excluding diaryl/α,β-unsaturated/α-hetero) is 1. The Morgan fingerprint density at radius 1 is 1.05 bits per heavy atom. The highest BCUT2D eigenvalue weighted by molar-refractivity contribution is 9.10. The van der Waals surface area contributed by atoms with E-state index in [2.05, 4.69) is 15.9 Å². The topological polar surface area (TPSA) is 43.4 Å². The molecule has 0 aliphatic rings. The molecule has 0 aliphatic heterocycles. The van der Waals surface area contributed by atoms with Crippen LogP contribution in [-0.2, 0) is 9.53 Å². The van der Waals surface area contributed by atoms with Crippen LogP contribution in [0.15, 0.2) is 64.0 Å². The number of halogens is 1. The van der Waals surface area contributed by atoms with Crippen LogP contribution in [0.25, 0.3) is 0 Å². The fourth-order valence-electron chi connectivity index (χ4n) is 1.66. The van der Waals surface area contributed by atoms with Gasteiger partial charge >= 0.3 is 5.97 Å². The van der Waals surface area contributed by atoms with Gasteiger partial charge in [-0.2, -0.15) is 0 Å². The summed E-state index contributed by atoms with van der Waals surface area (Å²) in [5.74, 6) is -0.701. The minimum Gasteiger partial charge on any atom is -0.443 e. The number of hydrogen-bond acceptors (Lipinski definition) is 4. The van der Waals surface area contributed by atoms with Crippen molar-refractivity contribution in [1.29, 1.82) is 0 Å². The zero-order valence-electron chi connectivity index (χ0n) is 11.3. The summed E-state index contributed by atoms with van der Waals surface area (Å²) in [6, 6.07) is 16.3. The van der Waals surface area contributed by atoms with Gasteiger partial charge in [-0.15, -0.1) is 0 Å². The summed E-state index contributed by atoms with van der Waals surface area (Å²) in [6.07, 6.45) is 0. The SMILES string of the molecule is CC(=O)OC(Sc1ccc(Br)cc1)C(=O)c1ccccc1. The second-order valence-corrected chi connectivity index (χ2v) is 6.29. The molecule has 0 N–H and O–H groups in total. The fraction of sp³-hybridized carbons (Fsp3) is 0.125.